The average Bonchev–Trinajstić information content (AvgIpc) is 2.60. The monoisotopic (exact) mass is 382 g/mol. The lowest BCUT2D eigenvalue weighted by atomic mass is 10.1. The smallest absolute Gasteiger partial charge is 0.226 e. The molecule has 7 heteroatoms. The van der Waals surface area contributed by atoms with Crippen LogP contribution < -0.4 is 16.0 Å². The van der Waals surface area contributed by atoms with Crippen LogP contribution in [0.25, 0.3) is 0 Å². The summed E-state index contributed by atoms with van der Waals surface area (Å²) < 4.78 is 5.55. The summed E-state index contributed by atoms with van der Waals surface area (Å²) in [4.78, 5) is 16.2. The van der Waals surface area contributed by atoms with Gasteiger partial charge in [-0.25, -0.2) is 0 Å². The maximum absolute atomic E-state index is 12.1. The van der Waals surface area contributed by atoms with Crippen LogP contribution in [0.4, 0.5) is 5.69 Å². The van der Waals surface area contributed by atoms with E-state index in [4.69, 9.17) is 16.3 Å². The second-order valence-electron chi connectivity index (χ2n) is 6.43. The van der Waals surface area contributed by atoms with Crippen molar-refractivity contribution >= 4 is 29.2 Å². The number of nitrogens with zero attached hydrogens (tertiary/aromatic N) is 1. The summed E-state index contributed by atoms with van der Waals surface area (Å²) in [5, 5.41) is 9.79. The highest BCUT2D eigenvalue weighted by Gasteiger charge is 2.07. The Morgan fingerprint density at radius 3 is 2.65 bits per heavy atom. The zero-order valence-corrected chi connectivity index (χ0v) is 16.9. The average molecular weight is 383 g/mol. The summed E-state index contributed by atoms with van der Waals surface area (Å²) in [7, 11) is 1.70. The van der Waals surface area contributed by atoms with Gasteiger partial charge in [-0.2, -0.15) is 0 Å². The van der Waals surface area contributed by atoms with E-state index in [1.165, 1.54) is 0 Å². The highest BCUT2D eigenvalue weighted by molar-refractivity contribution is 6.31. The fourth-order valence-electron chi connectivity index (χ4n) is 2.13. The zero-order chi connectivity index (χ0) is 19.4. The number of carbonyl (C=O) groups excluding carboxylic acids is 1. The minimum Gasteiger partial charge on any atom is -0.380 e. The number of anilines is 1. The number of amides is 1. The van der Waals surface area contributed by atoms with Crippen molar-refractivity contribution in [2.24, 2.45) is 10.9 Å². The molecule has 6 nitrogen and oxygen atoms in total. The molecule has 0 spiro atoms. The van der Waals surface area contributed by atoms with Gasteiger partial charge in [-0.05, 0) is 37.0 Å². The van der Waals surface area contributed by atoms with Gasteiger partial charge < -0.3 is 20.7 Å². The predicted molar refractivity (Wildman–Crippen MR) is 109 cm³/mol. The molecule has 0 aliphatic rings. The molecule has 1 amide bonds. The number of carbonyl (C=O) groups is 1. The molecule has 0 unspecified atom stereocenters. The van der Waals surface area contributed by atoms with Crippen molar-refractivity contribution in [2.45, 2.75) is 33.6 Å². The minimum atomic E-state index is -0.0738. The van der Waals surface area contributed by atoms with Gasteiger partial charge in [0, 0.05) is 43.9 Å². The Morgan fingerprint density at radius 2 is 1.96 bits per heavy atom. The van der Waals surface area contributed by atoms with Crippen molar-refractivity contribution in [1.29, 1.82) is 0 Å². The van der Waals surface area contributed by atoms with E-state index in [1.54, 1.807) is 13.1 Å². The first-order valence-corrected chi connectivity index (χ1v) is 9.39. The molecule has 0 bridgehead atoms. The van der Waals surface area contributed by atoms with Crippen LogP contribution in [0.2, 0.25) is 5.02 Å². The number of halogens is 1. The van der Waals surface area contributed by atoms with Crippen molar-refractivity contribution in [1.82, 2.24) is 10.6 Å². The fourth-order valence-corrected chi connectivity index (χ4v) is 2.31. The molecule has 0 aliphatic heterocycles. The molecule has 1 aromatic carbocycles. The van der Waals surface area contributed by atoms with Crippen molar-refractivity contribution < 1.29 is 9.53 Å². The number of guanidine groups is 1. The van der Waals surface area contributed by atoms with Gasteiger partial charge in [-0.3, -0.25) is 9.79 Å². The number of aliphatic imine (C=N–C) groups is 1. The fraction of sp³-hybridized carbons (Fsp3) is 0.579. The first kappa shape index (κ1) is 22.3. The van der Waals surface area contributed by atoms with Gasteiger partial charge in [0.05, 0.1) is 6.61 Å². The van der Waals surface area contributed by atoms with Crippen LogP contribution >= 0.6 is 11.6 Å². The molecule has 0 radical (unpaired) electrons. The number of hydrogen-bond acceptors (Lipinski definition) is 3. The van der Waals surface area contributed by atoms with E-state index < -0.39 is 0 Å². The van der Waals surface area contributed by atoms with Crippen molar-refractivity contribution in [3.05, 3.63) is 28.8 Å². The van der Waals surface area contributed by atoms with E-state index in [2.05, 4.69) is 34.8 Å². The normalized spacial score (nSPS) is 11.5. The molecule has 0 saturated carbocycles. The van der Waals surface area contributed by atoms with Crippen LogP contribution in [0.5, 0.6) is 0 Å². The maximum atomic E-state index is 12.1. The lowest BCUT2D eigenvalue weighted by Gasteiger charge is -2.13. The summed E-state index contributed by atoms with van der Waals surface area (Å²) >= 11 is 6.06. The number of hydrogen-bond donors (Lipinski definition) is 3. The number of benzene rings is 1. The van der Waals surface area contributed by atoms with Gasteiger partial charge in [-0.1, -0.05) is 31.5 Å². The molecule has 0 aromatic heterocycles. The molecular formula is C19H31ClN4O2. The Hall–Kier alpha value is -1.79. The first-order valence-electron chi connectivity index (χ1n) is 9.01. The molecule has 26 heavy (non-hydrogen) atoms. The largest absolute Gasteiger partial charge is 0.380 e. The molecular weight excluding hydrogens is 352 g/mol. The van der Waals surface area contributed by atoms with Crippen LogP contribution in [-0.4, -0.2) is 45.2 Å². The molecule has 0 aliphatic carbocycles. The quantitative estimate of drug-likeness (QED) is 0.330. The Bertz CT molecular complexity index is 591. The second-order valence-corrected chi connectivity index (χ2v) is 6.84. The third-order valence-corrected chi connectivity index (χ3v) is 4.20. The Morgan fingerprint density at radius 1 is 1.23 bits per heavy atom. The van der Waals surface area contributed by atoms with Gasteiger partial charge in [0.1, 0.15) is 0 Å². The van der Waals surface area contributed by atoms with Crippen molar-refractivity contribution in [2.75, 3.05) is 38.7 Å². The molecule has 0 saturated heterocycles. The van der Waals surface area contributed by atoms with Crippen LogP contribution in [0.3, 0.4) is 0 Å². The Labute approximate surface area is 161 Å². The van der Waals surface area contributed by atoms with Gasteiger partial charge in [0.2, 0.25) is 5.91 Å². The van der Waals surface area contributed by atoms with Gasteiger partial charge >= 0.3 is 0 Å². The number of ether oxygens (including phenoxy) is 1. The molecule has 146 valence electrons. The standard InChI is InChI=1S/C19H31ClN4O2/c1-14(2)9-12-26-13-11-23-19(21-4)22-10-8-18(25)24-17-7-5-6-16(20)15(17)3/h5-7,14H,8-13H2,1-4H3,(H,24,25)(H2,21,22,23). The van der Waals surface area contributed by atoms with Crippen molar-refractivity contribution in [3.8, 4) is 0 Å². The third kappa shape index (κ3) is 9.06. The lowest BCUT2D eigenvalue weighted by Crippen LogP contribution is -2.40. The predicted octanol–water partition coefficient (Wildman–Crippen LogP) is 3.20. The summed E-state index contributed by atoms with van der Waals surface area (Å²) in [5.74, 6) is 1.23. The van der Waals surface area contributed by atoms with E-state index in [0.717, 1.165) is 24.3 Å². The maximum Gasteiger partial charge on any atom is 0.226 e. The van der Waals surface area contributed by atoms with Crippen molar-refractivity contribution in [3.63, 3.8) is 0 Å². The topological polar surface area (TPSA) is 74.8 Å². The highest BCUT2D eigenvalue weighted by Crippen LogP contribution is 2.22. The summed E-state index contributed by atoms with van der Waals surface area (Å²) in [6.45, 7) is 8.79. The van der Waals surface area contributed by atoms with Gasteiger partial charge in [-0.15, -0.1) is 0 Å². The van der Waals surface area contributed by atoms with Gasteiger partial charge in [0.15, 0.2) is 5.96 Å². The zero-order valence-electron chi connectivity index (χ0n) is 16.2. The first-order chi connectivity index (χ1) is 12.4. The Kier molecular flexibility index (Phi) is 10.7. The highest BCUT2D eigenvalue weighted by atomic mass is 35.5. The molecule has 0 heterocycles. The summed E-state index contributed by atoms with van der Waals surface area (Å²) in [6.07, 6.45) is 1.39. The minimum absolute atomic E-state index is 0.0738. The number of nitrogens with one attached hydrogen (secondary N) is 3. The van der Waals surface area contributed by atoms with E-state index in [9.17, 15) is 4.79 Å². The molecule has 1 rings (SSSR count). The van der Waals surface area contributed by atoms with E-state index in [0.29, 0.717) is 43.0 Å². The van der Waals surface area contributed by atoms with Gasteiger partial charge in [0.25, 0.3) is 0 Å². The molecule has 0 fully saturated rings. The van der Waals surface area contributed by atoms with Crippen LogP contribution in [-0.2, 0) is 9.53 Å². The summed E-state index contributed by atoms with van der Waals surface area (Å²) in [5.41, 5.74) is 1.61. The van der Waals surface area contributed by atoms with Crippen LogP contribution in [0.1, 0.15) is 32.3 Å². The lowest BCUT2D eigenvalue weighted by molar-refractivity contribution is -0.116. The molecule has 0 atom stereocenters. The van der Waals surface area contributed by atoms with E-state index >= 15 is 0 Å². The molecule has 1 aromatic rings. The Balaban J connectivity index is 2.21. The van der Waals surface area contributed by atoms with Crippen LogP contribution in [0, 0.1) is 12.8 Å². The van der Waals surface area contributed by atoms with E-state index in [-0.39, 0.29) is 5.91 Å². The molecule has 3 N–H and O–H groups in total. The third-order valence-electron chi connectivity index (χ3n) is 3.79. The summed E-state index contributed by atoms with van der Waals surface area (Å²) in [6, 6.07) is 5.46. The second kappa shape index (κ2) is 12.5. The van der Waals surface area contributed by atoms with Crippen LogP contribution in [0.15, 0.2) is 23.2 Å². The SMILES string of the molecule is CN=C(NCCOCCC(C)C)NCCC(=O)Nc1cccc(Cl)c1C. The van der Waals surface area contributed by atoms with E-state index in [1.807, 2.05) is 19.1 Å². The number of rotatable bonds is 10.